The van der Waals surface area contributed by atoms with Crippen molar-refractivity contribution in [3.05, 3.63) is 0 Å². The Balaban J connectivity index is 3.75. The van der Waals surface area contributed by atoms with E-state index < -0.39 is 17.9 Å². The first kappa shape index (κ1) is 11.2. The van der Waals surface area contributed by atoms with Crippen LogP contribution < -0.4 is 10.8 Å². The second kappa shape index (κ2) is 4.27. The number of hydrogen-bond donors (Lipinski definition) is 3. The molecule has 72 valence electrons. The molecule has 1 amide bonds. The molecule has 0 rings (SSSR count). The number of rotatable bonds is 2. The molecule has 0 aliphatic carbocycles. The molecule has 0 aromatic carbocycles. The number of hydrogen-bond acceptors (Lipinski definition) is 4. The number of alkyl carbamates (subject to hydrolysis) is 1. The van der Waals surface area contributed by atoms with Gasteiger partial charge in [0.2, 0.25) is 0 Å². The molecule has 0 aromatic heterocycles. The number of ether oxygens (including phenoxy) is 1. The number of carbonyl (C=O) groups is 1. The van der Waals surface area contributed by atoms with Gasteiger partial charge in [-0.3, -0.25) is 0 Å². The van der Waals surface area contributed by atoms with Crippen LogP contribution in [0.4, 0.5) is 4.79 Å². The molecule has 0 spiro atoms. The number of amides is 1. The molecular weight excluding hydrogens is 160 g/mol. The molecule has 0 saturated carbocycles. The Morgan fingerprint density at radius 3 is 2.33 bits per heavy atom. The van der Waals surface area contributed by atoms with Gasteiger partial charge in [0, 0.05) is 0 Å². The molecule has 0 aliphatic rings. The maximum Gasteiger partial charge on any atom is 0.408 e. The Bertz CT molecular complexity index is 153. The lowest BCUT2D eigenvalue weighted by atomic mass is 10.2. The molecule has 0 aliphatic heterocycles. The Morgan fingerprint density at radius 2 is 2.00 bits per heavy atom. The fourth-order valence-electron chi connectivity index (χ4n) is 0.517. The van der Waals surface area contributed by atoms with E-state index in [9.17, 15) is 4.79 Å². The van der Waals surface area contributed by atoms with E-state index in [4.69, 9.17) is 9.94 Å². The Labute approximate surface area is 72.1 Å². The minimum absolute atomic E-state index is 0.514. The predicted octanol–water partition coefficient (Wildman–Crippen LogP) is 0.836. The van der Waals surface area contributed by atoms with Gasteiger partial charge in [-0.2, -0.15) is 5.48 Å². The normalized spacial score (nSPS) is 13.8. The maximum absolute atomic E-state index is 10.9. The lowest BCUT2D eigenvalue weighted by Crippen LogP contribution is -2.44. The second-order valence-electron chi connectivity index (χ2n) is 3.50. The summed E-state index contributed by atoms with van der Waals surface area (Å²) in [5.74, 6) is 0. The van der Waals surface area contributed by atoms with E-state index in [2.05, 4.69) is 5.32 Å². The zero-order chi connectivity index (χ0) is 9.78. The van der Waals surface area contributed by atoms with Gasteiger partial charge in [0.1, 0.15) is 11.8 Å². The minimum Gasteiger partial charge on any atom is -0.444 e. The zero-order valence-corrected chi connectivity index (χ0v) is 7.84. The van der Waals surface area contributed by atoms with Crippen LogP contribution in [0.5, 0.6) is 0 Å². The third kappa shape index (κ3) is 5.94. The van der Waals surface area contributed by atoms with E-state index in [0.29, 0.717) is 0 Å². The molecule has 0 heterocycles. The van der Waals surface area contributed by atoms with Crippen LogP contribution in [0.3, 0.4) is 0 Å². The Kier molecular flexibility index (Phi) is 3.99. The first-order valence-electron chi connectivity index (χ1n) is 3.74. The highest BCUT2D eigenvalue weighted by molar-refractivity contribution is 5.67. The Hall–Kier alpha value is -0.810. The van der Waals surface area contributed by atoms with Crippen molar-refractivity contribution in [1.29, 1.82) is 0 Å². The maximum atomic E-state index is 10.9. The summed E-state index contributed by atoms with van der Waals surface area (Å²) in [5, 5.41) is 10.7. The molecule has 0 radical (unpaired) electrons. The van der Waals surface area contributed by atoms with Gasteiger partial charge in [0.05, 0.1) is 0 Å². The van der Waals surface area contributed by atoms with Crippen LogP contribution in [0.15, 0.2) is 0 Å². The highest BCUT2D eigenvalue weighted by Crippen LogP contribution is 2.06. The molecular formula is C7H16N2O3. The summed E-state index contributed by atoms with van der Waals surface area (Å²) in [5.41, 5.74) is 1.36. The molecule has 0 fully saturated rings. The van der Waals surface area contributed by atoms with Crippen LogP contribution in [0, 0.1) is 0 Å². The summed E-state index contributed by atoms with van der Waals surface area (Å²) in [7, 11) is 0. The summed E-state index contributed by atoms with van der Waals surface area (Å²) in [6.07, 6.45) is -1.07. The summed E-state index contributed by atoms with van der Waals surface area (Å²) in [6.45, 7) is 6.89. The smallest absolute Gasteiger partial charge is 0.408 e. The zero-order valence-electron chi connectivity index (χ0n) is 7.84. The van der Waals surface area contributed by atoms with Gasteiger partial charge in [-0.1, -0.05) is 0 Å². The fraction of sp³-hybridized carbons (Fsp3) is 0.857. The van der Waals surface area contributed by atoms with Gasteiger partial charge in [-0.15, -0.1) is 0 Å². The fourth-order valence-corrected chi connectivity index (χ4v) is 0.517. The standard InChI is InChI=1S/C7H16N2O3/c1-5(9-11)8-6(10)12-7(2,3)4/h5,9,11H,1-4H3,(H,8,10). The monoisotopic (exact) mass is 176 g/mol. The molecule has 12 heavy (non-hydrogen) atoms. The van der Waals surface area contributed by atoms with Gasteiger partial charge >= 0.3 is 6.09 Å². The first-order chi connectivity index (χ1) is 5.35. The minimum atomic E-state index is -0.559. The average molecular weight is 176 g/mol. The predicted molar refractivity (Wildman–Crippen MR) is 43.8 cm³/mol. The van der Waals surface area contributed by atoms with E-state index in [1.165, 1.54) is 0 Å². The van der Waals surface area contributed by atoms with Crippen LogP contribution >= 0.6 is 0 Å². The van der Waals surface area contributed by atoms with E-state index >= 15 is 0 Å². The highest BCUT2D eigenvalue weighted by Gasteiger charge is 2.16. The van der Waals surface area contributed by atoms with E-state index in [-0.39, 0.29) is 0 Å². The molecule has 0 saturated heterocycles. The second-order valence-corrected chi connectivity index (χ2v) is 3.50. The number of nitrogens with one attached hydrogen (secondary N) is 2. The summed E-state index contributed by atoms with van der Waals surface area (Å²) < 4.78 is 4.91. The van der Waals surface area contributed by atoms with Gasteiger partial charge in [0.25, 0.3) is 0 Å². The third-order valence-electron chi connectivity index (χ3n) is 0.927. The highest BCUT2D eigenvalue weighted by atomic mass is 16.6. The number of carbonyl (C=O) groups excluding carboxylic acids is 1. The van der Waals surface area contributed by atoms with Crippen molar-refractivity contribution >= 4 is 6.09 Å². The van der Waals surface area contributed by atoms with Crippen molar-refractivity contribution in [2.45, 2.75) is 39.5 Å². The van der Waals surface area contributed by atoms with Crippen molar-refractivity contribution in [3.8, 4) is 0 Å². The molecule has 5 heteroatoms. The topological polar surface area (TPSA) is 70.6 Å². The molecule has 5 nitrogen and oxygen atoms in total. The van der Waals surface area contributed by atoms with Gasteiger partial charge in [-0.25, -0.2) is 4.79 Å². The van der Waals surface area contributed by atoms with Crippen molar-refractivity contribution in [1.82, 2.24) is 10.8 Å². The molecule has 0 aromatic rings. The van der Waals surface area contributed by atoms with Crippen LogP contribution in [-0.2, 0) is 4.74 Å². The van der Waals surface area contributed by atoms with Crippen LogP contribution in [0.1, 0.15) is 27.7 Å². The summed E-state index contributed by atoms with van der Waals surface area (Å²) in [6, 6.07) is 0. The van der Waals surface area contributed by atoms with E-state index in [1.807, 2.05) is 5.48 Å². The van der Waals surface area contributed by atoms with Gasteiger partial charge in [0.15, 0.2) is 0 Å². The van der Waals surface area contributed by atoms with Crippen molar-refractivity contribution < 1.29 is 14.7 Å². The quantitative estimate of drug-likeness (QED) is 0.430. The largest absolute Gasteiger partial charge is 0.444 e. The summed E-state index contributed by atoms with van der Waals surface area (Å²) in [4.78, 5) is 10.9. The van der Waals surface area contributed by atoms with Crippen molar-refractivity contribution in [2.24, 2.45) is 0 Å². The third-order valence-corrected chi connectivity index (χ3v) is 0.927. The van der Waals surface area contributed by atoms with Gasteiger partial charge < -0.3 is 15.3 Å². The molecule has 1 unspecified atom stereocenters. The van der Waals surface area contributed by atoms with Gasteiger partial charge in [-0.05, 0) is 27.7 Å². The molecule has 3 N–H and O–H groups in total. The van der Waals surface area contributed by atoms with Crippen LogP contribution in [0.25, 0.3) is 0 Å². The molecule has 1 atom stereocenters. The lowest BCUT2D eigenvalue weighted by molar-refractivity contribution is 0.0413. The average Bonchev–Trinajstić information content (AvgIpc) is 1.82. The van der Waals surface area contributed by atoms with Crippen molar-refractivity contribution in [2.75, 3.05) is 0 Å². The molecule has 0 bridgehead atoms. The van der Waals surface area contributed by atoms with Crippen LogP contribution in [0.2, 0.25) is 0 Å². The van der Waals surface area contributed by atoms with Crippen molar-refractivity contribution in [3.63, 3.8) is 0 Å². The Morgan fingerprint density at radius 1 is 1.50 bits per heavy atom. The number of hydroxylamine groups is 1. The van der Waals surface area contributed by atoms with E-state index in [0.717, 1.165) is 0 Å². The van der Waals surface area contributed by atoms with Crippen LogP contribution in [-0.4, -0.2) is 23.1 Å². The SMILES string of the molecule is CC(NO)NC(=O)OC(C)(C)C. The van der Waals surface area contributed by atoms with E-state index in [1.54, 1.807) is 27.7 Å². The summed E-state index contributed by atoms with van der Waals surface area (Å²) >= 11 is 0. The first-order valence-corrected chi connectivity index (χ1v) is 3.74. The lowest BCUT2D eigenvalue weighted by Gasteiger charge is -2.21.